The second kappa shape index (κ2) is 10.1. The maximum atomic E-state index is 14.4. The molecule has 0 bridgehead atoms. The molecular weight excluding hydrogens is 327 g/mol. The molecule has 0 spiro atoms. The minimum Gasteiger partial charge on any atom is -0.368 e. The van der Waals surface area contributed by atoms with Gasteiger partial charge < -0.3 is 15.4 Å². The summed E-state index contributed by atoms with van der Waals surface area (Å²) >= 11 is 0. The largest absolute Gasteiger partial charge is 0.368 e. The van der Waals surface area contributed by atoms with Gasteiger partial charge in [0, 0.05) is 51.8 Å². The van der Waals surface area contributed by atoms with E-state index in [1.165, 1.54) is 6.07 Å². The molecule has 1 aliphatic heterocycles. The zero-order valence-electron chi connectivity index (χ0n) is 14.5. The van der Waals surface area contributed by atoms with Gasteiger partial charge in [0.05, 0.1) is 0 Å². The van der Waals surface area contributed by atoms with E-state index in [1.54, 1.807) is 13.2 Å². The van der Waals surface area contributed by atoms with Crippen molar-refractivity contribution in [2.45, 2.75) is 25.9 Å². The molecule has 1 aromatic rings. The molecule has 0 unspecified atom stereocenters. The van der Waals surface area contributed by atoms with Crippen LogP contribution < -0.4 is 10.6 Å². The van der Waals surface area contributed by atoms with Crippen molar-refractivity contribution in [1.82, 2.24) is 20.7 Å². The van der Waals surface area contributed by atoms with Crippen LogP contribution in [0.2, 0.25) is 0 Å². The lowest BCUT2D eigenvalue weighted by molar-refractivity contribution is -0.121. The minimum atomic E-state index is -0.279. The summed E-state index contributed by atoms with van der Waals surface area (Å²) < 4.78 is 19.5. The molecule has 25 heavy (non-hydrogen) atoms. The summed E-state index contributed by atoms with van der Waals surface area (Å²) in [6, 6.07) is 4.90. The molecule has 0 radical (unpaired) electrons. The smallest absolute Gasteiger partial charge is 0.222 e. The lowest BCUT2D eigenvalue weighted by Gasteiger charge is -2.28. The Morgan fingerprint density at radius 2 is 2.16 bits per heavy atom. The van der Waals surface area contributed by atoms with Crippen molar-refractivity contribution in [3.05, 3.63) is 35.1 Å². The molecule has 2 amide bonds. The van der Waals surface area contributed by atoms with Crippen LogP contribution in [0.25, 0.3) is 0 Å². The molecule has 0 atom stereocenters. The first-order valence-corrected chi connectivity index (χ1v) is 8.34. The molecule has 1 aromatic carbocycles. The van der Waals surface area contributed by atoms with Gasteiger partial charge in [0.2, 0.25) is 12.3 Å². The molecule has 8 heteroatoms. The summed E-state index contributed by atoms with van der Waals surface area (Å²) in [4.78, 5) is 22.0. The van der Waals surface area contributed by atoms with Crippen molar-refractivity contribution in [3.8, 4) is 0 Å². The molecule has 1 heterocycles. The van der Waals surface area contributed by atoms with Crippen molar-refractivity contribution in [3.63, 3.8) is 0 Å². The van der Waals surface area contributed by atoms with Gasteiger partial charge in [-0.15, -0.1) is 0 Å². The monoisotopic (exact) mass is 352 g/mol. The fourth-order valence-electron chi connectivity index (χ4n) is 2.85. The van der Waals surface area contributed by atoms with Gasteiger partial charge >= 0.3 is 0 Å². The highest BCUT2D eigenvalue weighted by Crippen LogP contribution is 2.20. The Morgan fingerprint density at radius 3 is 2.92 bits per heavy atom. The molecule has 138 valence electrons. The standard InChI is InChI=1S/C17H25FN4O3/c1-25-13-22-9-3-8-21(22)11-15-14(4-2-5-16(15)18)10-20-17(24)6-7-19-12-23/h2,4-5,12H,3,6-11,13H2,1H3,(H,19,23)(H,20,24). The molecule has 2 rings (SSSR count). The molecule has 0 saturated carbocycles. The fourth-order valence-corrected chi connectivity index (χ4v) is 2.85. The summed E-state index contributed by atoms with van der Waals surface area (Å²) in [6.45, 7) is 3.19. The third-order valence-corrected chi connectivity index (χ3v) is 4.12. The van der Waals surface area contributed by atoms with Gasteiger partial charge in [-0.25, -0.2) is 14.4 Å². The molecular formula is C17H25FN4O3. The number of amides is 2. The van der Waals surface area contributed by atoms with Gasteiger partial charge in [0.15, 0.2) is 0 Å². The van der Waals surface area contributed by atoms with E-state index in [1.807, 2.05) is 6.07 Å². The zero-order valence-corrected chi connectivity index (χ0v) is 14.5. The van der Waals surface area contributed by atoms with Gasteiger partial charge in [0.25, 0.3) is 0 Å². The molecule has 1 aliphatic rings. The molecule has 1 fully saturated rings. The number of nitrogens with zero attached hydrogens (tertiary/aromatic N) is 2. The van der Waals surface area contributed by atoms with Crippen LogP contribution in [0.1, 0.15) is 24.0 Å². The molecule has 0 aromatic heterocycles. The van der Waals surface area contributed by atoms with Crippen LogP contribution in [0.5, 0.6) is 0 Å². The lowest BCUT2D eigenvalue weighted by Crippen LogP contribution is -2.38. The van der Waals surface area contributed by atoms with Crippen molar-refractivity contribution in [2.24, 2.45) is 0 Å². The average molecular weight is 352 g/mol. The lowest BCUT2D eigenvalue weighted by atomic mass is 10.1. The number of ether oxygens (including phenoxy) is 1. The van der Waals surface area contributed by atoms with Gasteiger partial charge in [-0.3, -0.25) is 9.59 Å². The number of hydrogen-bond acceptors (Lipinski definition) is 5. The maximum Gasteiger partial charge on any atom is 0.222 e. The van der Waals surface area contributed by atoms with Crippen molar-refractivity contribution >= 4 is 12.3 Å². The Labute approximate surface area is 147 Å². The summed E-state index contributed by atoms with van der Waals surface area (Å²) in [6.07, 6.45) is 1.75. The SMILES string of the molecule is COCN1CCCN1Cc1c(F)cccc1CNC(=O)CCNC=O. The van der Waals surface area contributed by atoms with Crippen LogP contribution in [0.3, 0.4) is 0 Å². The normalized spacial score (nSPS) is 15.3. The molecule has 0 aliphatic carbocycles. The van der Waals surface area contributed by atoms with E-state index in [2.05, 4.69) is 20.7 Å². The molecule has 1 saturated heterocycles. The highest BCUT2D eigenvalue weighted by molar-refractivity contribution is 5.76. The maximum absolute atomic E-state index is 14.4. The van der Waals surface area contributed by atoms with Gasteiger partial charge in [-0.05, 0) is 18.1 Å². The second-order valence-corrected chi connectivity index (χ2v) is 5.87. The summed E-state index contributed by atoms with van der Waals surface area (Å²) in [5.74, 6) is -0.467. The van der Waals surface area contributed by atoms with Crippen molar-refractivity contribution in [2.75, 3.05) is 33.5 Å². The number of carbonyl (C=O) groups excluding carboxylic acids is 2. The Kier molecular flexibility index (Phi) is 7.77. The number of hydrogen-bond donors (Lipinski definition) is 2. The van der Waals surface area contributed by atoms with Crippen molar-refractivity contribution in [1.29, 1.82) is 0 Å². The van der Waals surface area contributed by atoms with E-state index in [4.69, 9.17) is 4.74 Å². The third kappa shape index (κ3) is 5.77. The summed E-state index contributed by atoms with van der Waals surface area (Å²) in [7, 11) is 1.64. The molecule has 7 nitrogen and oxygen atoms in total. The highest BCUT2D eigenvalue weighted by atomic mass is 19.1. The van der Waals surface area contributed by atoms with E-state index >= 15 is 0 Å². The number of rotatable bonds is 10. The van der Waals surface area contributed by atoms with Crippen LogP contribution in [-0.4, -0.2) is 55.8 Å². The first-order valence-electron chi connectivity index (χ1n) is 8.34. The number of nitrogens with one attached hydrogen (secondary N) is 2. The Bertz CT molecular complexity index is 585. The predicted octanol–water partition coefficient (Wildman–Crippen LogP) is 0.605. The minimum absolute atomic E-state index is 0.188. The average Bonchev–Trinajstić information content (AvgIpc) is 3.03. The first kappa shape index (κ1) is 19.3. The number of halogens is 1. The quantitative estimate of drug-likeness (QED) is 0.477. The number of hydrazine groups is 1. The second-order valence-electron chi connectivity index (χ2n) is 5.87. The topological polar surface area (TPSA) is 73.9 Å². The Hall–Kier alpha value is -2.03. The van der Waals surface area contributed by atoms with Gasteiger partial charge in [0.1, 0.15) is 12.5 Å². The predicted molar refractivity (Wildman–Crippen MR) is 90.5 cm³/mol. The van der Waals surface area contributed by atoms with E-state index in [-0.39, 0.29) is 31.2 Å². The van der Waals surface area contributed by atoms with E-state index in [0.29, 0.717) is 25.2 Å². The van der Waals surface area contributed by atoms with E-state index in [9.17, 15) is 14.0 Å². The number of methoxy groups -OCH3 is 1. The van der Waals surface area contributed by atoms with Gasteiger partial charge in [-0.1, -0.05) is 12.1 Å². The van der Waals surface area contributed by atoms with Crippen LogP contribution >= 0.6 is 0 Å². The van der Waals surface area contributed by atoms with E-state index in [0.717, 1.165) is 25.1 Å². The first-order chi connectivity index (χ1) is 12.2. The fraction of sp³-hybridized carbons (Fsp3) is 0.529. The highest BCUT2D eigenvalue weighted by Gasteiger charge is 2.23. The van der Waals surface area contributed by atoms with Crippen molar-refractivity contribution < 1.29 is 18.7 Å². The van der Waals surface area contributed by atoms with Crippen LogP contribution in [0.15, 0.2) is 18.2 Å². The third-order valence-electron chi connectivity index (χ3n) is 4.12. The van der Waals surface area contributed by atoms with Crippen LogP contribution in [0.4, 0.5) is 4.39 Å². The Balaban J connectivity index is 1.98. The van der Waals surface area contributed by atoms with E-state index < -0.39 is 0 Å². The van der Waals surface area contributed by atoms with Crippen LogP contribution in [-0.2, 0) is 27.4 Å². The zero-order chi connectivity index (χ0) is 18.1. The number of benzene rings is 1. The Morgan fingerprint density at radius 1 is 1.36 bits per heavy atom. The van der Waals surface area contributed by atoms with Gasteiger partial charge in [-0.2, -0.15) is 0 Å². The summed E-state index contributed by atoms with van der Waals surface area (Å²) in [5.41, 5.74) is 1.33. The summed E-state index contributed by atoms with van der Waals surface area (Å²) in [5, 5.41) is 9.33. The number of carbonyl (C=O) groups is 2. The van der Waals surface area contributed by atoms with Crippen LogP contribution in [0, 0.1) is 5.82 Å². The molecule has 2 N–H and O–H groups in total.